The van der Waals surface area contributed by atoms with Crippen molar-refractivity contribution in [3.05, 3.63) is 0 Å². The van der Waals surface area contributed by atoms with Crippen LogP contribution in [-0.4, -0.2) is 45.0 Å². The molecule has 2 atom stereocenters. The third kappa shape index (κ3) is 9.13. The summed E-state index contributed by atoms with van der Waals surface area (Å²) in [6.07, 6.45) is 1.15. The number of nitriles is 1. The Kier molecular flexibility index (Phi) is 13.1. The number of nitrogens with one attached hydrogen (secondary N) is 1. The van der Waals surface area contributed by atoms with Gasteiger partial charge in [0.25, 0.3) is 6.47 Å². The monoisotopic (exact) mass is 456 g/mol. The van der Waals surface area contributed by atoms with Gasteiger partial charge in [-0.2, -0.15) is 5.26 Å². The first kappa shape index (κ1) is 29.8. The van der Waals surface area contributed by atoms with Crippen molar-refractivity contribution in [2.24, 2.45) is 22.2 Å². The Morgan fingerprint density at radius 2 is 1.81 bits per heavy atom. The van der Waals surface area contributed by atoms with E-state index in [2.05, 4.69) is 16.3 Å². The van der Waals surface area contributed by atoms with E-state index in [0.29, 0.717) is 25.9 Å². The molecular formula is C23H40N2O7. The highest BCUT2D eigenvalue weighted by atomic mass is 16.7. The molecule has 0 spiro atoms. The van der Waals surface area contributed by atoms with Gasteiger partial charge in [-0.1, -0.05) is 27.7 Å². The van der Waals surface area contributed by atoms with Crippen LogP contribution in [0.25, 0.3) is 0 Å². The fraction of sp³-hybridized carbons (Fsp3) is 0.826. The minimum atomic E-state index is -0.887. The smallest absolute Gasteiger partial charge is 0.330 e. The van der Waals surface area contributed by atoms with E-state index in [1.165, 1.54) is 0 Å². The predicted octanol–water partition coefficient (Wildman–Crippen LogP) is 3.52. The summed E-state index contributed by atoms with van der Waals surface area (Å²) in [5.74, 6) is -0.887. The summed E-state index contributed by atoms with van der Waals surface area (Å²) in [4.78, 5) is 40.3. The lowest BCUT2D eigenvalue weighted by molar-refractivity contribution is -0.173. The Morgan fingerprint density at radius 3 is 2.34 bits per heavy atom. The van der Waals surface area contributed by atoms with E-state index in [0.717, 1.165) is 0 Å². The molecule has 9 heteroatoms. The maximum Gasteiger partial charge on any atom is 0.330 e. The first-order valence-electron chi connectivity index (χ1n) is 11.0. The lowest BCUT2D eigenvalue weighted by atomic mass is 9.57. The normalized spacial score (nSPS) is 15.2. The van der Waals surface area contributed by atoms with Crippen LogP contribution in [0.15, 0.2) is 0 Å². The van der Waals surface area contributed by atoms with Crippen LogP contribution >= 0.6 is 0 Å². The molecule has 0 saturated carbocycles. The largest absolute Gasteiger partial charge is 0.468 e. The zero-order chi connectivity index (χ0) is 24.8. The Morgan fingerprint density at radius 1 is 1.16 bits per heavy atom. The van der Waals surface area contributed by atoms with Crippen molar-refractivity contribution < 1.29 is 33.4 Å². The van der Waals surface area contributed by atoms with Crippen LogP contribution in [0, 0.1) is 33.5 Å². The van der Waals surface area contributed by atoms with Crippen LogP contribution in [0.5, 0.6) is 0 Å². The molecule has 0 aromatic carbocycles. The molecule has 0 aromatic rings. The molecular weight excluding hydrogens is 416 g/mol. The van der Waals surface area contributed by atoms with Gasteiger partial charge in [-0.15, -0.1) is 5.48 Å². The van der Waals surface area contributed by atoms with Crippen molar-refractivity contribution in [1.82, 2.24) is 5.48 Å². The van der Waals surface area contributed by atoms with Gasteiger partial charge in [0, 0.05) is 19.4 Å². The molecule has 0 fully saturated rings. The van der Waals surface area contributed by atoms with Crippen molar-refractivity contribution in [3.63, 3.8) is 0 Å². The predicted molar refractivity (Wildman–Crippen MR) is 118 cm³/mol. The number of hydrogen-bond donors (Lipinski definition) is 1. The number of carbonyl (C=O) groups is 3. The summed E-state index contributed by atoms with van der Waals surface area (Å²) in [5, 5.41) is 9.98. The third-order valence-electron chi connectivity index (χ3n) is 6.39. The van der Waals surface area contributed by atoms with Gasteiger partial charge < -0.3 is 19.0 Å². The average Bonchev–Trinajstić information content (AvgIpc) is 2.73. The summed E-state index contributed by atoms with van der Waals surface area (Å²) in [7, 11) is 0. The molecule has 0 aliphatic heterocycles. The quantitative estimate of drug-likeness (QED) is 0.0874. The van der Waals surface area contributed by atoms with Crippen LogP contribution < -0.4 is 5.48 Å². The third-order valence-corrected chi connectivity index (χ3v) is 6.39. The molecule has 0 aliphatic carbocycles. The van der Waals surface area contributed by atoms with E-state index in [1.807, 2.05) is 41.5 Å². The highest BCUT2D eigenvalue weighted by Crippen LogP contribution is 2.51. The molecule has 1 N–H and O–H groups in total. The number of nitrogens with zero attached hydrogens (tertiary/aromatic N) is 1. The fourth-order valence-electron chi connectivity index (χ4n) is 3.33. The number of esters is 1. The van der Waals surface area contributed by atoms with Crippen LogP contribution in [-0.2, 0) is 33.4 Å². The van der Waals surface area contributed by atoms with Gasteiger partial charge in [0.2, 0.25) is 0 Å². The van der Waals surface area contributed by atoms with E-state index in [-0.39, 0.29) is 38.7 Å². The van der Waals surface area contributed by atoms with Gasteiger partial charge in [-0.05, 0) is 44.9 Å². The van der Waals surface area contributed by atoms with Gasteiger partial charge in [-0.25, -0.2) is 4.79 Å². The Hall–Kier alpha value is -2.18. The van der Waals surface area contributed by atoms with Crippen molar-refractivity contribution in [3.8, 4) is 6.07 Å². The lowest BCUT2D eigenvalue weighted by Gasteiger charge is -2.45. The Balaban J connectivity index is 5.15. The standard InChI is InChI=1S/C23H40N2O7/c1-8-29-16-25-32-20(28)23(7,18(2)3)14-21(4,5)22(6,15-24)11-10-19(27)31-13-9-12-30-17-26/h17-18,25H,8-14,16H2,1-7H3. The van der Waals surface area contributed by atoms with Crippen molar-refractivity contribution in [2.45, 2.75) is 74.1 Å². The van der Waals surface area contributed by atoms with Crippen LogP contribution in [0.4, 0.5) is 0 Å². The first-order valence-corrected chi connectivity index (χ1v) is 11.0. The van der Waals surface area contributed by atoms with Gasteiger partial charge in [0.1, 0.15) is 6.73 Å². The van der Waals surface area contributed by atoms with Crippen molar-refractivity contribution >= 4 is 18.4 Å². The Labute approximate surface area is 192 Å². The molecule has 0 radical (unpaired) electrons. The van der Waals surface area contributed by atoms with Gasteiger partial charge in [0.15, 0.2) is 0 Å². The summed E-state index contributed by atoms with van der Waals surface area (Å²) in [6.45, 7) is 14.5. The van der Waals surface area contributed by atoms with Gasteiger partial charge in [0.05, 0.1) is 30.1 Å². The summed E-state index contributed by atoms with van der Waals surface area (Å²) < 4.78 is 14.8. The molecule has 0 aromatic heterocycles. The molecule has 0 heterocycles. The molecule has 0 aliphatic rings. The summed E-state index contributed by atoms with van der Waals surface area (Å²) in [6, 6.07) is 2.36. The van der Waals surface area contributed by atoms with Gasteiger partial charge in [-0.3, -0.25) is 9.59 Å². The highest BCUT2D eigenvalue weighted by Gasteiger charge is 2.50. The first-order chi connectivity index (χ1) is 14.9. The van der Waals surface area contributed by atoms with Crippen LogP contribution in [0.3, 0.4) is 0 Å². The van der Waals surface area contributed by atoms with Crippen molar-refractivity contribution in [1.29, 1.82) is 5.26 Å². The number of hydrogen-bond acceptors (Lipinski definition) is 9. The molecule has 32 heavy (non-hydrogen) atoms. The minimum absolute atomic E-state index is 0.0512. The van der Waals surface area contributed by atoms with Gasteiger partial charge >= 0.3 is 11.9 Å². The van der Waals surface area contributed by atoms with Crippen molar-refractivity contribution in [2.75, 3.05) is 26.6 Å². The molecule has 0 saturated heterocycles. The second-order valence-electron chi connectivity index (χ2n) is 9.29. The zero-order valence-corrected chi connectivity index (χ0v) is 20.6. The SMILES string of the molecule is CCOCNOC(=O)C(C)(CC(C)(C)C(C)(C#N)CCC(=O)OCCCOC=O)C(C)C. The number of rotatable bonds is 17. The molecule has 184 valence electrons. The second-order valence-corrected chi connectivity index (χ2v) is 9.29. The molecule has 2 unspecified atom stereocenters. The number of carbonyl (C=O) groups excluding carboxylic acids is 3. The maximum atomic E-state index is 12.9. The fourth-order valence-corrected chi connectivity index (χ4v) is 3.33. The zero-order valence-electron chi connectivity index (χ0n) is 20.6. The second kappa shape index (κ2) is 14.1. The molecule has 9 nitrogen and oxygen atoms in total. The Bertz CT molecular complexity index is 645. The van der Waals surface area contributed by atoms with E-state index in [4.69, 9.17) is 14.3 Å². The van der Waals surface area contributed by atoms with Crippen LogP contribution in [0.2, 0.25) is 0 Å². The minimum Gasteiger partial charge on any atom is -0.468 e. The molecule has 0 rings (SSSR count). The van der Waals surface area contributed by atoms with E-state index in [9.17, 15) is 19.6 Å². The van der Waals surface area contributed by atoms with Crippen LogP contribution in [0.1, 0.15) is 74.1 Å². The topological polar surface area (TPSA) is 124 Å². The summed E-state index contributed by atoms with van der Waals surface area (Å²) in [5.41, 5.74) is 0.170. The average molecular weight is 457 g/mol. The lowest BCUT2D eigenvalue weighted by Crippen LogP contribution is -2.46. The molecule has 0 bridgehead atoms. The maximum absolute atomic E-state index is 12.9. The van der Waals surface area contributed by atoms with E-state index in [1.54, 1.807) is 6.92 Å². The number of ether oxygens (including phenoxy) is 3. The van der Waals surface area contributed by atoms with E-state index < -0.39 is 28.2 Å². The number of hydroxylamine groups is 1. The van der Waals surface area contributed by atoms with E-state index >= 15 is 0 Å². The summed E-state index contributed by atoms with van der Waals surface area (Å²) >= 11 is 0. The highest BCUT2D eigenvalue weighted by molar-refractivity contribution is 5.76. The molecule has 0 amide bonds.